The molecule has 24 aromatic rings. The minimum atomic E-state index is 0.601. The molecule has 17 aromatic carbocycles. The van der Waals surface area contributed by atoms with Gasteiger partial charge >= 0.3 is 0 Å². The molecular formula is C108H66N8O2S. The molecule has 0 saturated carbocycles. The van der Waals surface area contributed by atoms with Crippen LogP contribution in [0.1, 0.15) is 0 Å². The monoisotopic (exact) mass is 1540 g/mol. The lowest BCUT2D eigenvalue weighted by Gasteiger charge is -2.13. The SMILES string of the molecule is c1ccc(-c2cccc(-c3nc(-c4cccc(-c5ccccc5)c4)nc(-c4cccc(-n5c6ccccc6c6ccc(-c7ccc8oc9ccccc9c8c7)cc65)c4)n3)c2)cc1.c1ccc(-c2nc(-c3cccc(-n4c5ccccc5c5ccc(-c6ccc7oc8ccccc8c7c6)cc54)c3)nc(-c3cccc4c3sc3ccccc34)n2)cc1. The standard InChI is InChI=1S/C57H36N4O.C51H30N4OS/c1-3-14-37(15-4-1)39-18-11-20-43(32-39)55-58-56(44-21-12-19-40(33-44)38-16-5-2-6-17-38)60-57(59-55)45-22-13-23-46(34-45)61-51-26-9-7-24-47(51)48-30-28-42(36-52(48)61)41-29-31-54-50(35-41)49-25-8-10-27-53(49)62-54;1-2-12-31(13-3-1)49-52-50(54-51(53-49)41-20-11-19-40-39-18-6-9-23-47(39)57-48(40)41)34-14-10-15-35(28-34)55-43-21-7-4-16-36(43)37-26-24-33(30-44(37)55)32-25-27-46-42(29-32)38-17-5-8-22-45(38)56-46/h1-36H;1-30H. The van der Waals surface area contributed by atoms with Gasteiger partial charge in [-0.2, -0.15) is 0 Å². The summed E-state index contributed by atoms with van der Waals surface area (Å²) in [4.78, 5) is 31.1. The molecule has 0 spiro atoms. The lowest BCUT2D eigenvalue weighted by Crippen LogP contribution is -2.01. The van der Waals surface area contributed by atoms with Crippen LogP contribution in [-0.2, 0) is 0 Å². The number of benzene rings is 17. The van der Waals surface area contributed by atoms with Crippen molar-refractivity contribution in [2.45, 2.75) is 0 Å². The number of fused-ring (bicyclic) bond motifs is 15. The molecule has 0 bridgehead atoms. The third-order valence-electron chi connectivity index (χ3n) is 22.9. The fraction of sp³-hybridized carbons (Fsp3) is 0. The lowest BCUT2D eigenvalue weighted by atomic mass is 10.0. The number of rotatable bonds is 12. The van der Waals surface area contributed by atoms with Gasteiger partial charge in [0, 0.05) is 108 Å². The molecule has 119 heavy (non-hydrogen) atoms. The molecular weight excluding hydrogens is 1470 g/mol. The van der Waals surface area contributed by atoms with Crippen LogP contribution in [0.25, 0.3) is 232 Å². The molecule has 0 amide bonds. The van der Waals surface area contributed by atoms with Crippen molar-refractivity contribution in [1.82, 2.24) is 39.0 Å². The van der Waals surface area contributed by atoms with Crippen LogP contribution in [0.15, 0.2) is 409 Å². The summed E-state index contributed by atoms with van der Waals surface area (Å²) in [6.45, 7) is 0. The zero-order chi connectivity index (χ0) is 78.4. The molecule has 11 heteroatoms. The minimum Gasteiger partial charge on any atom is -0.456 e. The van der Waals surface area contributed by atoms with Gasteiger partial charge in [0.2, 0.25) is 0 Å². The molecule has 0 unspecified atom stereocenters. The first-order valence-corrected chi connectivity index (χ1v) is 40.7. The Balaban J connectivity index is 0.000000140. The quantitative estimate of drug-likeness (QED) is 0.119. The summed E-state index contributed by atoms with van der Waals surface area (Å²) >= 11 is 1.78. The highest BCUT2D eigenvalue weighted by atomic mass is 32.1. The van der Waals surface area contributed by atoms with E-state index in [9.17, 15) is 0 Å². The second kappa shape index (κ2) is 28.6. The first kappa shape index (κ1) is 68.7. The number of nitrogens with zero attached hydrogens (tertiary/aromatic N) is 8. The van der Waals surface area contributed by atoms with E-state index in [1.807, 2.05) is 54.6 Å². The maximum atomic E-state index is 6.17. The van der Waals surface area contributed by atoms with E-state index in [-0.39, 0.29) is 0 Å². The summed E-state index contributed by atoms with van der Waals surface area (Å²) < 4.78 is 19.5. The van der Waals surface area contributed by atoms with E-state index in [4.69, 9.17) is 38.7 Å². The molecule has 10 nitrogen and oxygen atoms in total. The van der Waals surface area contributed by atoms with Crippen molar-refractivity contribution in [2.75, 3.05) is 0 Å². The van der Waals surface area contributed by atoms with E-state index in [1.165, 1.54) is 41.7 Å². The Hall–Kier alpha value is -15.8. The molecule has 7 aromatic heterocycles. The summed E-state index contributed by atoms with van der Waals surface area (Å²) in [6.07, 6.45) is 0. The van der Waals surface area contributed by atoms with Gasteiger partial charge in [0.05, 0.1) is 22.1 Å². The highest BCUT2D eigenvalue weighted by Gasteiger charge is 2.23. The Labute approximate surface area is 686 Å². The molecule has 0 aliphatic heterocycles. The van der Waals surface area contributed by atoms with Crippen LogP contribution in [0.3, 0.4) is 0 Å². The number of thiophene rings is 1. The van der Waals surface area contributed by atoms with Gasteiger partial charge in [-0.05, 0) is 154 Å². The smallest absolute Gasteiger partial charge is 0.165 e. The topological polar surface area (TPSA) is 113 Å². The summed E-state index contributed by atoms with van der Waals surface area (Å²) in [6, 6.07) is 140. The highest BCUT2D eigenvalue weighted by Crippen LogP contribution is 2.44. The van der Waals surface area contributed by atoms with Crippen LogP contribution in [0.4, 0.5) is 0 Å². The van der Waals surface area contributed by atoms with Gasteiger partial charge in [-0.3, -0.25) is 0 Å². The molecule has 0 saturated heterocycles. The number of furan rings is 2. The second-order valence-corrected chi connectivity index (χ2v) is 31.1. The third-order valence-corrected chi connectivity index (χ3v) is 24.1. The van der Waals surface area contributed by atoms with Crippen molar-refractivity contribution in [2.24, 2.45) is 0 Å². The average Bonchev–Trinajstić information content (AvgIpc) is 1.60. The number of aromatic nitrogens is 8. The highest BCUT2D eigenvalue weighted by molar-refractivity contribution is 7.26. The number of hydrogen-bond acceptors (Lipinski definition) is 9. The van der Waals surface area contributed by atoms with Crippen LogP contribution < -0.4 is 0 Å². The van der Waals surface area contributed by atoms with E-state index >= 15 is 0 Å². The van der Waals surface area contributed by atoms with Crippen molar-refractivity contribution in [1.29, 1.82) is 0 Å². The normalized spacial score (nSPS) is 11.7. The first-order chi connectivity index (χ1) is 58.9. The van der Waals surface area contributed by atoms with Crippen molar-refractivity contribution >= 4 is 119 Å². The van der Waals surface area contributed by atoms with Gasteiger partial charge in [0.15, 0.2) is 34.9 Å². The van der Waals surface area contributed by atoms with E-state index in [0.717, 1.165) is 155 Å². The predicted molar refractivity (Wildman–Crippen MR) is 490 cm³/mol. The Morgan fingerprint density at radius 3 is 1.01 bits per heavy atom. The summed E-state index contributed by atoms with van der Waals surface area (Å²) in [5.41, 5.74) is 24.7. The van der Waals surface area contributed by atoms with Gasteiger partial charge in [0.25, 0.3) is 0 Å². The average molecular weight is 1540 g/mol. The largest absolute Gasteiger partial charge is 0.456 e. The Morgan fingerprint density at radius 2 is 0.513 bits per heavy atom. The Kier molecular flexibility index (Phi) is 16.5. The fourth-order valence-corrected chi connectivity index (χ4v) is 18.4. The van der Waals surface area contributed by atoms with E-state index in [0.29, 0.717) is 34.9 Å². The predicted octanol–water partition coefficient (Wildman–Crippen LogP) is 28.8. The zero-order valence-electron chi connectivity index (χ0n) is 63.9. The molecule has 0 aliphatic rings. The van der Waals surface area contributed by atoms with Gasteiger partial charge in [0.1, 0.15) is 22.3 Å². The van der Waals surface area contributed by atoms with E-state index in [1.54, 1.807) is 11.3 Å². The van der Waals surface area contributed by atoms with E-state index in [2.05, 4.69) is 355 Å². The fourth-order valence-electron chi connectivity index (χ4n) is 17.2. The first-order valence-electron chi connectivity index (χ1n) is 39.9. The van der Waals surface area contributed by atoms with Gasteiger partial charge in [-0.1, -0.05) is 291 Å². The Morgan fingerprint density at radius 1 is 0.185 bits per heavy atom. The maximum Gasteiger partial charge on any atom is 0.165 e. The molecule has 556 valence electrons. The zero-order valence-corrected chi connectivity index (χ0v) is 64.7. The van der Waals surface area contributed by atoms with Crippen LogP contribution in [0.5, 0.6) is 0 Å². The summed E-state index contributed by atoms with van der Waals surface area (Å²) in [5, 5.41) is 11.7. The third kappa shape index (κ3) is 12.3. The van der Waals surface area contributed by atoms with Crippen LogP contribution in [0.2, 0.25) is 0 Å². The molecule has 0 N–H and O–H groups in total. The van der Waals surface area contributed by atoms with Crippen LogP contribution >= 0.6 is 11.3 Å². The molecule has 24 rings (SSSR count). The van der Waals surface area contributed by atoms with Crippen molar-refractivity contribution in [3.8, 4) is 124 Å². The summed E-state index contributed by atoms with van der Waals surface area (Å²) in [5.74, 6) is 3.75. The van der Waals surface area contributed by atoms with Crippen LogP contribution in [0, 0.1) is 0 Å². The Bertz CT molecular complexity index is 8040. The maximum absolute atomic E-state index is 6.17. The van der Waals surface area contributed by atoms with E-state index < -0.39 is 0 Å². The molecule has 0 atom stereocenters. The van der Waals surface area contributed by atoms with Crippen molar-refractivity contribution in [3.05, 3.63) is 400 Å². The molecule has 0 radical (unpaired) electrons. The molecule has 0 aliphatic carbocycles. The van der Waals surface area contributed by atoms with Gasteiger partial charge in [-0.25, -0.2) is 29.9 Å². The van der Waals surface area contributed by atoms with Crippen LogP contribution in [-0.4, -0.2) is 39.0 Å². The number of hydrogen-bond donors (Lipinski definition) is 0. The van der Waals surface area contributed by atoms with Gasteiger partial charge < -0.3 is 18.0 Å². The van der Waals surface area contributed by atoms with Gasteiger partial charge in [-0.15, -0.1) is 11.3 Å². The minimum absolute atomic E-state index is 0.601. The number of para-hydroxylation sites is 4. The van der Waals surface area contributed by atoms with Crippen molar-refractivity contribution < 1.29 is 8.83 Å². The van der Waals surface area contributed by atoms with Crippen molar-refractivity contribution in [3.63, 3.8) is 0 Å². The second-order valence-electron chi connectivity index (χ2n) is 30.0. The lowest BCUT2D eigenvalue weighted by molar-refractivity contribution is 0.668. The molecule has 0 fully saturated rings. The summed E-state index contributed by atoms with van der Waals surface area (Å²) in [7, 11) is 0. The molecule has 7 heterocycles.